The predicted molar refractivity (Wildman–Crippen MR) is 209 cm³/mol. The minimum atomic E-state index is 0.139. The van der Waals surface area contributed by atoms with Gasteiger partial charge in [0.15, 0.2) is 0 Å². The van der Waals surface area contributed by atoms with Crippen LogP contribution in [0, 0.1) is 0 Å². The topological polar surface area (TPSA) is 53.5 Å². The lowest BCUT2D eigenvalue weighted by Gasteiger charge is -2.20. The molecule has 1 unspecified atom stereocenters. The Morgan fingerprint density at radius 3 is 1.73 bits per heavy atom. The van der Waals surface area contributed by atoms with Crippen LogP contribution in [0.15, 0.2) is 164 Å². The van der Waals surface area contributed by atoms with Crippen molar-refractivity contribution in [2.45, 2.75) is 25.3 Å². The van der Waals surface area contributed by atoms with Crippen molar-refractivity contribution < 1.29 is 0 Å². The SMILES string of the molecule is C1=CCC(n2c(-c3cc(-c4nc5ccccc5n4C4=CCCC=C4)cc(-c4nc5ccccc5n4-c4ccccc4)c3)nc3ccccc32)C=C1. The Balaban J connectivity index is 1.29. The fourth-order valence-corrected chi connectivity index (χ4v) is 7.66. The van der Waals surface area contributed by atoms with Crippen molar-refractivity contribution in [1.82, 2.24) is 28.7 Å². The summed E-state index contributed by atoms with van der Waals surface area (Å²) in [5, 5.41) is 0. The van der Waals surface area contributed by atoms with Gasteiger partial charge < -0.3 is 4.57 Å². The van der Waals surface area contributed by atoms with Crippen molar-refractivity contribution in [2.24, 2.45) is 0 Å². The van der Waals surface area contributed by atoms with Crippen molar-refractivity contribution in [3.05, 3.63) is 164 Å². The first-order valence-corrected chi connectivity index (χ1v) is 17.6. The predicted octanol–water partition coefficient (Wildman–Crippen LogP) is 11.0. The first-order chi connectivity index (χ1) is 25.3. The molecule has 6 nitrogen and oxygen atoms in total. The molecule has 8 aromatic rings. The molecule has 5 aromatic carbocycles. The second kappa shape index (κ2) is 12.1. The summed E-state index contributed by atoms with van der Waals surface area (Å²) in [4.78, 5) is 16.0. The summed E-state index contributed by atoms with van der Waals surface area (Å²) in [7, 11) is 0. The highest BCUT2D eigenvalue weighted by Gasteiger charge is 2.24. The maximum atomic E-state index is 5.33. The van der Waals surface area contributed by atoms with E-state index in [0.29, 0.717) is 0 Å². The smallest absolute Gasteiger partial charge is 0.145 e. The summed E-state index contributed by atoms with van der Waals surface area (Å²) in [5.41, 5.74) is 11.3. The van der Waals surface area contributed by atoms with Gasteiger partial charge in [0.2, 0.25) is 0 Å². The lowest BCUT2D eigenvalue weighted by Crippen LogP contribution is -2.09. The maximum Gasteiger partial charge on any atom is 0.145 e. The molecule has 244 valence electrons. The Kier molecular flexibility index (Phi) is 6.98. The third kappa shape index (κ3) is 4.98. The number of benzene rings is 5. The standard InChI is InChI=1S/C45H34N6/c1-4-16-34(17-5-1)49-40-25-13-10-22-37(40)46-43(49)31-28-32(44-47-38-23-11-14-26-41(38)50(44)35-18-6-2-7-19-35)30-33(29-31)45-48-39-24-12-15-27-42(39)51(45)36-20-8-3-9-21-36/h1-2,4-8,10-18,20-30,35H,3,9,19H2. The van der Waals surface area contributed by atoms with E-state index < -0.39 is 0 Å². The molecule has 0 fully saturated rings. The third-order valence-corrected chi connectivity index (χ3v) is 9.96. The summed E-state index contributed by atoms with van der Waals surface area (Å²) in [6.45, 7) is 0. The van der Waals surface area contributed by atoms with Crippen molar-refractivity contribution in [1.29, 1.82) is 0 Å². The van der Waals surface area contributed by atoms with E-state index in [9.17, 15) is 0 Å². The fourth-order valence-electron chi connectivity index (χ4n) is 7.66. The Labute approximate surface area is 295 Å². The number of nitrogens with zero attached hydrogens (tertiary/aromatic N) is 6. The van der Waals surface area contributed by atoms with Gasteiger partial charge in [0.25, 0.3) is 0 Å². The number of fused-ring (bicyclic) bond motifs is 3. The van der Waals surface area contributed by atoms with Crippen LogP contribution in [0.25, 0.3) is 78.6 Å². The highest BCUT2D eigenvalue weighted by molar-refractivity contribution is 5.91. The fraction of sp³-hybridized carbons (Fsp3) is 0.0889. The average Bonchev–Trinajstić information content (AvgIpc) is 3.91. The number of imidazole rings is 3. The van der Waals surface area contributed by atoms with E-state index >= 15 is 0 Å². The molecule has 6 heteroatoms. The van der Waals surface area contributed by atoms with Crippen molar-refractivity contribution in [3.8, 4) is 39.9 Å². The van der Waals surface area contributed by atoms with E-state index in [4.69, 9.17) is 15.0 Å². The summed E-state index contributed by atoms with van der Waals surface area (Å²) in [6, 6.07) is 42.7. The zero-order valence-electron chi connectivity index (χ0n) is 28.0. The number of hydrogen-bond donors (Lipinski definition) is 0. The maximum absolute atomic E-state index is 5.33. The van der Waals surface area contributed by atoms with E-state index in [0.717, 1.165) is 97.9 Å². The van der Waals surface area contributed by atoms with E-state index in [-0.39, 0.29) is 6.04 Å². The molecule has 1 atom stereocenters. The van der Waals surface area contributed by atoms with Gasteiger partial charge in [-0.1, -0.05) is 91.1 Å². The van der Waals surface area contributed by atoms with Crippen molar-refractivity contribution in [2.75, 3.05) is 0 Å². The van der Waals surface area contributed by atoms with Crippen LogP contribution in [-0.2, 0) is 0 Å². The second-order valence-corrected chi connectivity index (χ2v) is 13.2. The summed E-state index contributed by atoms with van der Waals surface area (Å²) in [5.74, 6) is 2.68. The van der Waals surface area contributed by atoms with Gasteiger partial charge in [0, 0.05) is 28.1 Å². The first-order valence-electron chi connectivity index (χ1n) is 17.6. The van der Waals surface area contributed by atoms with Gasteiger partial charge in [0.05, 0.1) is 39.1 Å². The Bertz CT molecular complexity index is 2730. The van der Waals surface area contributed by atoms with E-state index in [1.807, 2.05) is 0 Å². The molecular formula is C45H34N6. The number of para-hydroxylation sites is 7. The highest BCUT2D eigenvalue weighted by Crippen LogP contribution is 2.39. The molecule has 3 aromatic heterocycles. The van der Waals surface area contributed by atoms with Gasteiger partial charge in [-0.3, -0.25) is 9.13 Å². The van der Waals surface area contributed by atoms with Gasteiger partial charge in [0.1, 0.15) is 17.5 Å². The zero-order chi connectivity index (χ0) is 33.7. The molecular weight excluding hydrogens is 625 g/mol. The van der Waals surface area contributed by atoms with Gasteiger partial charge in [-0.05, 0) is 92.1 Å². The molecule has 0 saturated heterocycles. The van der Waals surface area contributed by atoms with Crippen LogP contribution in [0.5, 0.6) is 0 Å². The van der Waals surface area contributed by atoms with Crippen LogP contribution in [0.2, 0.25) is 0 Å². The normalized spacial score (nSPS) is 15.7. The molecule has 10 rings (SSSR count). The quantitative estimate of drug-likeness (QED) is 0.179. The monoisotopic (exact) mass is 658 g/mol. The van der Waals surface area contributed by atoms with E-state index in [1.54, 1.807) is 0 Å². The third-order valence-electron chi connectivity index (χ3n) is 9.96. The minimum Gasteiger partial charge on any atom is -0.317 e. The van der Waals surface area contributed by atoms with Gasteiger partial charge >= 0.3 is 0 Å². The molecule has 0 amide bonds. The van der Waals surface area contributed by atoms with Crippen LogP contribution in [0.3, 0.4) is 0 Å². The molecule has 0 N–H and O–H groups in total. The van der Waals surface area contributed by atoms with Gasteiger partial charge in [-0.25, -0.2) is 15.0 Å². The Morgan fingerprint density at radius 2 is 1.08 bits per heavy atom. The highest BCUT2D eigenvalue weighted by atomic mass is 15.1. The van der Waals surface area contributed by atoms with E-state index in [2.05, 4.69) is 178 Å². The largest absolute Gasteiger partial charge is 0.317 e. The molecule has 0 saturated carbocycles. The minimum absolute atomic E-state index is 0.139. The van der Waals surface area contributed by atoms with Crippen molar-refractivity contribution in [3.63, 3.8) is 0 Å². The molecule has 0 bridgehead atoms. The van der Waals surface area contributed by atoms with Crippen LogP contribution >= 0.6 is 0 Å². The number of rotatable bonds is 6. The summed E-state index contributed by atoms with van der Waals surface area (Å²) >= 11 is 0. The lowest BCUT2D eigenvalue weighted by molar-refractivity contribution is 0.631. The van der Waals surface area contributed by atoms with Crippen LogP contribution in [0.1, 0.15) is 25.3 Å². The first kappa shape index (κ1) is 29.4. The Morgan fingerprint density at radius 1 is 0.510 bits per heavy atom. The van der Waals surface area contributed by atoms with Crippen molar-refractivity contribution >= 4 is 38.8 Å². The molecule has 3 heterocycles. The van der Waals surface area contributed by atoms with Crippen LogP contribution < -0.4 is 0 Å². The second-order valence-electron chi connectivity index (χ2n) is 13.2. The molecule has 2 aliphatic carbocycles. The molecule has 51 heavy (non-hydrogen) atoms. The molecule has 0 aliphatic heterocycles. The Hall–Kier alpha value is -6.53. The number of hydrogen-bond acceptors (Lipinski definition) is 3. The van der Waals surface area contributed by atoms with Crippen LogP contribution in [-0.4, -0.2) is 28.7 Å². The summed E-state index contributed by atoms with van der Waals surface area (Å²) < 4.78 is 6.98. The summed E-state index contributed by atoms with van der Waals surface area (Å²) in [6.07, 6.45) is 18.5. The van der Waals surface area contributed by atoms with Gasteiger partial charge in [-0.2, -0.15) is 0 Å². The molecule has 0 spiro atoms. The average molecular weight is 659 g/mol. The zero-order valence-corrected chi connectivity index (χ0v) is 28.0. The molecule has 2 aliphatic rings. The number of allylic oxidation sites excluding steroid dienone is 8. The van der Waals surface area contributed by atoms with E-state index in [1.165, 1.54) is 0 Å². The number of aromatic nitrogens is 6. The molecule has 0 radical (unpaired) electrons. The lowest BCUT2D eigenvalue weighted by atomic mass is 10.0. The van der Waals surface area contributed by atoms with Gasteiger partial charge in [-0.15, -0.1) is 0 Å². The van der Waals surface area contributed by atoms with Crippen LogP contribution in [0.4, 0.5) is 0 Å².